The molecule has 0 aliphatic carbocycles. The largest absolute Gasteiger partial charge is 0.387 e. The van der Waals surface area contributed by atoms with Gasteiger partial charge in [0.05, 0.1) is 19.3 Å². The average molecular weight is 377 g/mol. The van der Waals surface area contributed by atoms with E-state index in [0.717, 1.165) is 28.7 Å². The summed E-state index contributed by atoms with van der Waals surface area (Å²) in [4.78, 5) is 25.9. The highest BCUT2D eigenvalue weighted by atomic mass is 32.1. The molecular weight excluding hydrogens is 354 g/mol. The molecule has 3 rings (SSSR count). The molecule has 1 unspecified atom stereocenters. The molecule has 2 aromatic rings. The fourth-order valence-corrected chi connectivity index (χ4v) is 3.88. The lowest BCUT2D eigenvalue weighted by atomic mass is 10.1. The number of ether oxygens (including phenoxy) is 1. The molecule has 3 N–H and O–H groups in total. The summed E-state index contributed by atoms with van der Waals surface area (Å²) in [5.74, 6) is -1.41. The van der Waals surface area contributed by atoms with Gasteiger partial charge < -0.3 is 20.5 Å². The number of aliphatic hydroxyl groups is 1. The highest BCUT2D eigenvalue weighted by molar-refractivity contribution is 7.17. The normalized spacial score (nSPS) is 16.3. The van der Waals surface area contributed by atoms with Gasteiger partial charge in [0.1, 0.15) is 0 Å². The number of thiophene rings is 1. The van der Waals surface area contributed by atoms with Crippen LogP contribution >= 0.6 is 11.3 Å². The Hall–Kier alpha value is -2.00. The van der Waals surface area contributed by atoms with Crippen molar-refractivity contribution in [2.45, 2.75) is 6.10 Å². The minimum absolute atomic E-state index is 0.00353. The highest BCUT2D eigenvalue weighted by Crippen LogP contribution is 2.29. The van der Waals surface area contributed by atoms with Crippen LogP contribution in [0.4, 0.5) is 0 Å². The van der Waals surface area contributed by atoms with Crippen LogP contribution in [0.3, 0.4) is 0 Å². The number of aliphatic hydroxyl groups excluding tert-OH is 1. The Labute approximate surface area is 155 Å². The van der Waals surface area contributed by atoms with E-state index in [0.29, 0.717) is 26.3 Å². The monoisotopic (exact) mass is 377 g/mol. The van der Waals surface area contributed by atoms with Gasteiger partial charge in [-0.2, -0.15) is 0 Å². The van der Waals surface area contributed by atoms with E-state index in [1.165, 1.54) is 0 Å². The number of fused-ring (bicyclic) bond motifs is 1. The Morgan fingerprint density at radius 2 is 1.92 bits per heavy atom. The quantitative estimate of drug-likeness (QED) is 0.638. The number of hydrogen-bond acceptors (Lipinski definition) is 6. The molecule has 1 atom stereocenters. The van der Waals surface area contributed by atoms with Crippen molar-refractivity contribution < 1.29 is 19.4 Å². The molecule has 0 radical (unpaired) electrons. The molecule has 1 aliphatic heterocycles. The van der Waals surface area contributed by atoms with Crippen molar-refractivity contribution in [2.75, 3.05) is 45.9 Å². The molecule has 2 heterocycles. The van der Waals surface area contributed by atoms with Crippen LogP contribution in [0, 0.1) is 0 Å². The second kappa shape index (κ2) is 9.09. The summed E-state index contributed by atoms with van der Waals surface area (Å²) in [6.45, 7) is 4.16. The lowest BCUT2D eigenvalue weighted by molar-refractivity contribution is -0.139. The lowest BCUT2D eigenvalue weighted by Crippen LogP contribution is -2.45. The van der Waals surface area contributed by atoms with E-state index in [1.807, 2.05) is 29.6 Å². The second-order valence-electron chi connectivity index (χ2n) is 6.12. The van der Waals surface area contributed by atoms with E-state index in [2.05, 4.69) is 15.5 Å². The van der Waals surface area contributed by atoms with Crippen LogP contribution < -0.4 is 10.6 Å². The number of carbonyl (C=O) groups excluding carboxylic acids is 2. The summed E-state index contributed by atoms with van der Waals surface area (Å²) in [5.41, 5.74) is 0.763. The molecule has 0 bridgehead atoms. The van der Waals surface area contributed by atoms with E-state index in [4.69, 9.17) is 4.74 Å². The number of rotatable bonds is 6. The molecule has 140 valence electrons. The van der Waals surface area contributed by atoms with Gasteiger partial charge in [-0.05, 0) is 16.8 Å². The number of benzene rings is 1. The number of morpholine rings is 1. The summed E-state index contributed by atoms with van der Waals surface area (Å²) in [7, 11) is 0. The fourth-order valence-electron chi connectivity index (χ4n) is 2.87. The summed E-state index contributed by atoms with van der Waals surface area (Å²) >= 11 is 1.54. The minimum atomic E-state index is -0.851. The first kappa shape index (κ1) is 18.8. The van der Waals surface area contributed by atoms with Crippen LogP contribution in [0.15, 0.2) is 29.6 Å². The van der Waals surface area contributed by atoms with Crippen molar-refractivity contribution in [3.05, 3.63) is 35.2 Å². The summed E-state index contributed by atoms with van der Waals surface area (Å²) < 4.78 is 6.34. The Morgan fingerprint density at radius 1 is 1.19 bits per heavy atom. The molecule has 26 heavy (non-hydrogen) atoms. The molecule has 1 fully saturated rings. The fraction of sp³-hybridized carbons (Fsp3) is 0.444. The van der Waals surface area contributed by atoms with Gasteiger partial charge in [0.25, 0.3) is 0 Å². The smallest absolute Gasteiger partial charge is 0.309 e. The number of nitrogens with one attached hydrogen (secondary N) is 2. The molecule has 0 spiro atoms. The van der Waals surface area contributed by atoms with Crippen molar-refractivity contribution in [3.8, 4) is 0 Å². The molecule has 1 saturated heterocycles. The van der Waals surface area contributed by atoms with Gasteiger partial charge in [-0.15, -0.1) is 11.3 Å². The first-order valence-corrected chi connectivity index (χ1v) is 9.53. The van der Waals surface area contributed by atoms with E-state index in [-0.39, 0.29) is 6.54 Å². The minimum Gasteiger partial charge on any atom is -0.387 e. The molecule has 2 amide bonds. The van der Waals surface area contributed by atoms with E-state index < -0.39 is 17.9 Å². The van der Waals surface area contributed by atoms with Gasteiger partial charge in [0, 0.05) is 43.0 Å². The number of hydrogen-bond donors (Lipinski definition) is 3. The molecule has 0 saturated carbocycles. The lowest BCUT2D eigenvalue weighted by Gasteiger charge is -2.26. The van der Waals surface area contributed by atoms with Crippen LogP contribution in [0.25, 0.3) is 10.1 Å². The molecule has 8 heteroatoms. The van der Waals surface area contributed by atoms with Crippen LogP contribution in [0.1, 0.15) is 11.7 Å². The zero-order valence-corrected chi connectivity index (χ0v) is 15.3. The van der Waals surface area contributed by atoms with Gasteiger partial charge >= 0.3 is 11.8 Å². The van der Waals surface area contributed by atoms with Gasteiger partial charge in [0.2, 0.25) is 0 Å². The summed E-state index contributed by atoms with van der Waals surface area (Å²) in [6.07, 6.45) is -0.851. The molecule has 1 aliphatic rings. The van der Waals surface area contributed by atoms with Crippen LogP contribution in [-0.2, 0) is 14.3 Å². The molecular formula is C18H23N3O4S. The Bertz CT molecular complexity index is 758. The Kier molecular flexibility index (Phi) is 6.56. The van der Waals surface area contributed by atoms with E-state index in [1.54, 1.807) is 11.3 Å². The molecule has 7 nitrogen and oxygen atoms in total. The Morgan fingerprint density at radius 3 is 2.73 bits per heavy atom. The topological polar surface area (TPSA) is 90.9 Å². The average Bonchev–Trinajstić information content (AvgIpc) is 3.11. The van der Waals surface area contributed by atoms with Crippen LogP contribution in [-0.4, -0.2) is 67.8 Å². The van der Waals surface area contributed by atoms with E-state index >= 15 is 0 Å². The molecule has 1 aromatic heterocycles. The van der Waals surface area contributed by atoms with Gasteiger partial charge in [-0.3, -0.25) is 14.5 Å². The number of amides is 2. The standard InChI is InChI=1S/C18H23N3O4S/c22-15(14-12-26-16-4-2-1-3-13(14)16)11-20-18(24)17(23)19-5-6-21-7-9-25-10-8-21/h1-4,12,15,22H,5-11H2,(H,19,23)(H,20,24). The maximum atomic E-state index is 11.9. The van der Waals surface area contributed by atoms with Crippen molar-refractivity contribution in [3.63, 3.8) is 0 Å². The SMILES string of the molecule is O=C(NCCN1CCOCC1)C(=O)NCC(O)c1csc2ccccc12. The first-order chi connectivity index (χ1) is 12.6. The van der Waals surface area contributed by atoms with Crippen molar-refractivity contribution in [2.24, 2.45) is 0 Å². The van der Waals surface area contributed by atoms with Crippen LogP contribution in [0.2, 0.25) is 0 Å². The summed E-state index contributed by atoms with van der Waals surface area (Å²) in [6, 6.07) is 7.77. The van der Waals surface area contributed by atoms with Gasteiger partial charge in [-0.25, -0.2) is 0 Å². The number of nitrogens with zero attached hydrogens (tertiary/aromatic N) is 1. The van der Waals surface area contributed by atoms with Gasteiger partial charge in [-0.1, -0.05) is 18.2 Å². The van der Waals surface area contributed by atoms with Crippen molar-refractivity contribution in [1.29, 1.82) is 0 Å². The third-order valence-corrected chi connectivity index (χ3v) is 5.33. The predicted octanol–water partition coefficient (Wildman–Crippen LogP) is 0.499. The predicted molar refractivity (Wildman–Crippen MR) is 100 cm³/mol. The second-order valence-corrected chi connectivity index (χ2v) is 7.03. The van der Waals surface area contributed by atoms with E-state index in [9.17, 15) is 14.7 Å². The molecule has 1 aromatic carbocycles. The van der Waals surface area contributed by atoms with Crippen molar-refractivity contribution in [1.82, 2.24) is 15.5 Å². The maximum Gasteiger partial charge on any atom is 0.309 e. The number of carbonyl (C=O) groups is 2. The van der Waals surface area contributed by atoms with Crippen LogP contribution in [0.5, 0.6) is 0 Å². The third-order valence-electron chi connectivity index (χ3n) is 4.35. The van der Waals surface area contributed by atoms with Crippen molar-refractivity contribution >= 4 is 33.2 Å². The summed E-state index contributed by atoms with van der Waals surface area (Å²) in [5, 5.41) is 18.3. The third kappa shape index (κ3) is 4.79. The zero-order chi connectivity index (χ0) is 18.4. The van der Waals surface area contributed by atoms with Gasteiger partial charge in [0.15, 0.2) is 0 Å². The Balaban J connectivity index is 1.41. The zero-order valence-electron chi connectivity index (χ0n) is 14.4. The maximum absolute atomic E-state index is 11.9. The first-order valence-electron chi connectivity index (χ1n) is 8.65. The highest BCUT2D eigenvalue weighted by Gasteiger charge is 2.18.